The summed E-state index contributed by atoms with van der Waals surface area (Å²) in [4.78, 5) is 5.23. The van der Waals surface area contributed by atoms with Crippen LogP contribution in [0.2, 0.25) is 5.22 Å². The maximum atomic E-state index is 5.57. The highest BCUT2D eigenvalue weighted by Crippen LogP contribution is 2.16. The van der Waals surface area contributed by atoms with E-state index in [4.69, 9.17) is 16.0 Å². The van der Waals surface area contributed by atoms with E-state index in [0.717, 1.165) is 6.42 Å². The Hall–Kier alpha value is -0.800. The van der Waals surface area contributed by atoms with Gasteiger partial charge in [0.25, 0.3) is 0 Å². The number of oxazole rings is 1. The highest BCUT2D eigenvalue weighted by molar-refractivity contribution is 7.09. The second-order valence-electron chi connectivity index (χ2n) is 2.31. The average Bonchev–Trinajstić information content (AvgIpc) is 2.63. The second-order valence-corrected chi connectivity index (χ2v) is 3.72. The Kier molecular flexibility index (Phi) is 2.15. The highest BCUT2D eigenvalue weighted by atomic mass is 35.5. The van der Waals surface area contributed by atoms with E-state index in [2.05, 4.69) is 4.98 Å². The van der Waals surface area contributed by atoms with Gasteiger partial charge < -0.3 is 4.42 Å². The van der Waals surface area contributed by atoms with Crippen LogP contribution in [0.25, 0.3) is 0 Å². The third-order valence-corrected chi connectivity index (χ3v) is 2.48. The number of hydrogen-bond acceptors (Lipinski definition) is 3. The molecule has 0 N–H and O–H groups in total. The Morgan fingerprint density at radius 3 is 3.08 bits per heavy atom. The van der Waals surface area contributed by atoms with Crippen LogP contribution in [0.4, 0.5) is 0 Å². The smallest absolute Gasteiger partial charge is 0.213 e. The molecule has 0 aliphatic heterocycles. The van der Waals surface area contributed by atoms with Crippen LogP contribution in [-0.2, 0) is 6.42 Å². The molecule has 0 aliphatic carbocycles. The number of nitrogens with zero attached hydrogens (tertiary/aromatic N) is 1. The Labute approximate surface area is 78.8 Å². The number of rotatable bonds is 2. The third-order valence-electron chi connectivity index (χ3n) is 1.43. The van der Waals surface area contributed by atoms with Crippen LogP contribution < -0.4 is 0 Å². The zero-order valence-corrected chi connectivity index (χ0v) is 7.73. The number of aromatic nitrogens is 1. The monoisotopic (exact) mass is 199 g/mol. The van der Waals surface area contributed by atoms with Crippen molar-refractivity contribution in [2.24, 2.45) is 0 Å². The number of thiophene rings is 1. The molecule has 2 aromatic heterocycles. The molecule has 62 valence electrons. The normalized spacial score (nSPS) is 10.4. The Morgan fingerprint density at radius 2 is 2.50 bits per heavy atom. The number of halogens is 1. The average molecular weight is 200 g/mol. The molecule has 2 aromatic rings. The molecule has 2 heterocycles. The SMILES string of the molecule is Clc1cnc(Cc2cccs2)o1. The van der Waals surface area contributed by atoms with Crippen molar-refractivity contribution in [1.82, 2.24) is 4.98 Å². The van der Waals surface area contributed by atoms with Crippen molar-refractivity contribution >= 4 is 22.9 Å². The summed E-state index contributed by atoms with van der Waals surface area (Å²) >= 11 is 7.26. The maximum Gasteiger partial charge on any atom is 0.213 e. The van der Waals surface area contributed by atoms with E-state index in [9.17, 15) is 0 Å². The Balaban J connectivity index is 2.14. The molecule has 12 heavy (non-hydrogen) atoms. The van der Waals surface area contributed by atoms with Crippen LogP contribution in [0, 0.1) is 0 Å². The van der Waals surface area contributed by atoms with Gasteiger partial charge in [-0.2, -0.15) is 0 Å². The lowest BCUT2D eigenvalue weighted by molar-refractivity contribution is 0.510. The minimum atomic E-state index is 0.349. The standard InChI is InChI=1S/C8H6ClNOS/c9-7-5-10-8(11-7)4-6-2-1-3-12-6/h1-3,5H,4H2. The molecule has 0 unspecified atom stereocenters. The maximum absolute atomic E-state index is 5.57. The summed E-state index contributed by atoms with van der Waals surface area (Å²) in [5.74, 6) is 0.669. The molecular formula is C8H6ClNOS. The van der Waals surface area contributed by atoms with Crippen LogP contribution in [0.15, 0.2) is 28.1 Å². The first kappa shape index (κ1) is 7.83. The van der Waals surface area contributed by atoms with E-state index in [-0.39, 0.29) is 0 Å². The molecule has 0 saturated carbocycles. The van der Waals surface area contributed by atoms with Crippen molar-refractivity contribution in [3.63, 3.8) is 0 Å². The van der Waals surface area contributed by atoms with Gasteiger partial charge in [-0.05, 0) is 23.0 Å². The molecular weight excluding hydrogens is 194 g/mol. The van der Waals surface area contributed by atoms with Gasteiger partial charge in [-0.15, -0.1) is 11.3 Å². The van der Waals surface area contributed by atoms with Gasteiger partial charge in [0.15, 0.2) is 0 Å². The van der Waals surface area contributed by atoms with E-state index in [1.54, 1.807) is 11.3 Å². The first-order valence-corrected chi connectivity index (χ1v) is 4.73. The van der Waals surface area contributed by atoms with Gasteiger partial charge in [0.05, 0.1) is 12.6 Å². The molecule has 0 aromatic carbocycles. The molecule has 0 atom stereocenters. The van der Waals surface area contributed by atoms with Crippen molar-refractivity contribution in [2.75, 3.05) is 0 Å². The van der Waals surface area contributed by atoms with E-state index in [0.29, 0.717) is 11.1 Å². The van der Waals surface area contributed by atoms with E-state index in [1.807, 2.05) is 17.5 Å². The fourth-order valence-electron chi connectivity index (χ4n) is 0.932. The summed E-state index contributed by atoms with van der Waals surface area (Å²) in [5.41, 5.74) is 0. The van der Waals surface area contributed by atoms with Crippen molar-refractivity contribution < 1.29 is 4.42 Å². The fraction of sp³-hybridized carbons (Fsp3) is 0.125. The summed E-state index contributed by atoms with van der Waals surface area (Å²) in [6.45, 7) is 0. The highest BCUT2D eigenvalue weighted by Gasteiger charge is 2.02. The van der Waals surface area contributed by atoms with Gasteiger partial charge in [-0.1, -0.05) is 6.07 Å². The third kappa shape index (κ3) is 1.68. The van der Waals surface area contributed by atoms with E-state index in [1.165, 1.54) is 11.1 Å². The zero-order valence-electron chi connectivity index (χ0n) is 6.16. The molecule has 0 spiro atoms. The lowest BCUT2D eigenvalue weighted by Gasteiger charge is -1.88. The van der Waals surface area contributed by atoms with Crippen LogP contribution in [0.3, 0.4) is 0 Å². The molecule has 0 amide bonds. The minimum absolute atomic E-state index is 0.349. The molecule has 2 nitrogen and oxygen atoms in total. The first-order valence-electron chi connectivity index (χ1n) is 3.47. The number of hydrogen-bond donors (Lipinski definition) is 0. The van der Waals surface area contributed by atoms with Crippen LogP contribution in [-0.4, -0.2) is 4.98 Å². The van der Waals surface area contributed by atoms with E-state index < -0.39 is 0 Å². The summed E-state index contributed by atoms with van der Waals surface area (Å²) in [6.07, 6.45) is 2.24. The molecule has 0 radical (unpaired) electrons. The topological polar surface area (TPSA) is 26.0 Å². The van der Waals surface area contributed by atoms with Crippen molar-refractivity contribution in [3.8, 4) is 0 Å². The predicted molar refractivity (Wildman–Crippen MR) is 48.6 cm³/mol. The van der Waals surface area contributed by atoms with Gasteiger partial charge in [-0.25, -0.2) is 4.98 Å². The van der Waals surface area contributed by atoms with Gasteiger partial charge in [0.1, 0.15) is 0 Å². The largest absolute Gasteiger partial charge is 0.429 e. The molecule has 0 aliphatic rings. The molecule has 2 rings (SSSR count). The Morgan fingerprint density at radius 1 is 1.58 bits per heavy atom. The van der Waals surface area contributed by atoms with Crippen LogP contribution >= 0.6 is 22.9 Å². The van der Waals surface area contributed by atoms with Crippen LogP contribution in [0.1, 0.15) is 10.8 Å². The van der Waals surface area contributed by atoms with Gasteiger partial charge in [0, 0.05) is 4.88 Å². The van der Waals surface area contributed by atoms with Gasteiger partial charge in [0.2, 0.25) is 11.1 Å². The van der Waals surface area contributed by atoms with Crippen molar-refractivity contribution in [3.05, 3.63) is 39.7 Å². The molecule has 0 bridgehead atoms. The second kappa shape index (κ2) is 3.29. The lowest BCUT2D eigenvalue weighted by Crippen LogP contribution is -1.82. The Bertz CT molecular complexity index is 355. The summed E-state index contributed by atoms with van der Waals surface area (Å²) in [6, 6.07) is 4.05. The minimum Gasteiger partial charge on any atom is -0.429 e. The first-order chi connectivity index (χ1) is 5.84. The molecule has 0 fully saturated rings. The summed E-state index contributed by atoms with van der Waals surface area (Å²) in [5, 5.41) is 2.38. The summed E-state index contributed by atoms with van der Waals surface area (Å²) in [7, 11) is 0. The van der Waals surface area contributed by atoms with Gasteiger partial charge >= 0.3 is 0 Å². The lowest BCUT2D eigenvalue weighted by atomic mass is 10.3. The quantitative estimate of drug-likeness (QED) is 0.743. The van der Waals surface area contributed by atoms with Crippen molar-refractivity contribution in [2.45, 2.75) is 6.42 Å². The predicted octanol–water partition coefficient (Wildman–Crippen LogP) is 2.98. The zero-order chi connectivity index (χ0) is 8.39. The summed E-state index contributed by atoms with van der Waals surface area (Å²) < 4.78 is 5.12. The van der Waals surface area contributed by atoms with Gasteiger partial charge in [-0.3, -0.25) is 0 Å². The fourth-order valence-corrected chi connectivity index (χ4v) is 1.77. The van der Waals surface area contributed by atoms with Crippen molar-refractivity contribution in [1.29, 1.82) is 0 Å². The van der Waals surface area contributed by atoms with E-state index >= 15 is 0 Å². The van der Waals surface area contributed by atoms with Crippen LogP contribution in [0.5, 0.6) is 0 Å². The molecule has 4 heteroatoms. The molecule has 0 saturated heterocycles.